The van der Waals surface area contributed by atoms with Crippen molar-refractivity contribution in [2.24, 2.45) is 10.8 Å². The van der Waals surface area contributed by atoms with Crippen LogP contribution < -0.4 is 15.5 Å². The molecule has 24 heavy (non-hydrogen) atoms. The molecule has 0 saturated carbocycles. The first kappa shape index (κ1) is 16.5. The fourth-order valence-corrected chi connectivity index (χ4v) is 3.10. The second-order valence-electron chi connectivity index (χ2n) is 6.31. The molecule has 0 spiro atoms. The van der Waals surface area contributed by atoms with E-state index < -0.39 is 0 Å². The van der Waals surface area contributed by atoms with Gasteiger partial charge in [-0.3, -0.25) is 5.01 Å². The van der Waals surface area contributed by atoms with Gasteiger partial charge in [-0.15, -0.1) is 0 Å². The van der Waals surface area contributed by atoms with Gasteiger partial charge in [0.05, 0.1) is 18.8 Å². The van der Waals surface area contributed by atoms with Gasteiger partial charge in [0, 0.05) is 12.1 Å². The molecule has 0 radical (unpaired) electrons. The number of hydrogen-bond donors (Lipinski definition) is 1. The lowest BCUT2D eigenvalue weighted by Crippen LogP contribution is -2.18. The number of aryl methyl sites for hydroxylation is 2. The zero-order valence-electron chi connectivity index (χ0n) is 14.6. The third-order valence-electron chi connectivity index (χ3n) is 4.64. The number of hydrazone groups is 1. The Kier molecular flexibility index (Phi) is 4.86. The van der Waals surface area contributed by atoms with Crippen LogP contribution in [0.15, 0.2) is 47.6 Å². The van der Waals surface area contributed by atoms with E-state index in [2.05, 4.69) is 49.2 Å². The van der Waals surface area contributed by atoms with E-state index in [0.717, 1.165) is 30.0 Å². The van der Waals surface area contributed by atoms with E-state index in [1.807, 2.05) is 12.1 Å². The molecule has 0 aliphatic carbocycles. The molecule has 0 amide bonds. The van der Waals surface area contributed by atoms with E-state index in [1.165, 1.54) is 16.7 Å². The Balaban J connectivity index is 1.98. The Morgan fingerprint density at radius 2 is 2.00 bits per heavy atom. The third-order valence-corrected chi connectivity index (χ3v) is 4.64. The van der Waals surface area contributed by atoms with Crippen molar-refractivity contribution in [1.82, 2.24) is 0 Å². The molecule has 1 heterocycles. The third kappa shape index (κ3) is 3.29. The van der Waals surface area contributed by atoms with Gasteiger partial charge < -0.3 is 10.5 Å². The highest BCUT2D eigenvalue weighted by atomic mass is 16.5. The molecule has 1 unspecified atom stereocenters. The maximum absolute atomic E-state index is 5.75. The SMILES string of the molecule is COc1cccc(C2CC(CCN)=NN2c2ccc(C)c(C)c2)c1. The molecular formula is C20H25N3O. The number of benzene rings is 2. The molecular weight excluding hydrogens is 298 g/mol. The quantitative estimate of drug-likeness (QED) is 0.906. The van der Waals surface area contributed by atoms with Crippen LogP contribution in [0.2, 0.25) is 0 Å². The van der Waals surface area contributed by atoms with E-state index in [4.69, 9.17) is 15.6 Å². The lowest BCUT2D eigenvalue weighted by Gasteiger charge is -2.25. The van der Waals surface area contributed by atoms with E-state index in [-0.39, 0.29) is 6.04 Å². The van der Waals surface area contributed by atoms with Crippen molar-refractivity contribution in [2.45, 2.75) is 32.7 Å². The number of hydrogen-bond acceptors (Lipinski definition) is 4. The lowest BCUT2D eigenvalue weighted by atomic mass is 9.99. The Bertz CT molecular complexity index is 754. The van der Waals surface area contributed by atoms with Crippen molar-refractivity contribution in [3.63, 3.8) is 0 Å². The summed E-state index contributed by atoms with van der Waals surface area (Å²) >= 11 is 0. The van der Waals surface area contributed by atoms with Crippen LogP contribution in [-0.4, -0.2) is 19.4 Å². The Hall–Kier alpha value is -2.33. The van der Waals surface area contributed by atoms with Crippen molar-refractivity contribution in [3.05, 3.63) is 59.2 Å². The lowest BCUT2D eigenvalue weighted by molar-refractivity contribution is 0.414. The zero-order valence-corrected chi connectivity index (χ0v) is 14.6. The van der Waals surface area contributed by atoms with Crippen LogP contribution in [0.1, 0.15) is 35.6 Å². The molecule has 0 bridgehead atoms. The number of anilines is 1. The zero-order chi connectivity index (χ0) is 17.1. The highest BCUT2D eigenvalue weighted by molar-refractivity contribution is 5.89. The van der Waals surface area contributed by atoms with Gasteiger partial charge in [-0.25, -0.2) is 0 Å². The van der Waals surface area contributed by atoms with Crippen LogP contribution in [-0.2, 0) is 0 Å². The molecule has 4 heteroatoms. The molecule has 1 aliphatic heterocycles. The van der Waals surface area contributed by atoms with E-state index >= 15 is 0 Å². The molecule has 126 valence electrons. The predicted octanol–water partition coefficient (Wildman–Crippen LogP) is 3.97. The highest BCUT2D eigenvalue weighted by Gasteiger charge is 2.29. The summed E-state index contributed by atoms with van der Waals surface area (Å²) in [5.74, 6) is 0.875. The summed E-state index contributed by atoms with van der Waals surface area (Å²) in [6.45, 7) is 4.90. The smallest absolute Gasteiger partial charge is 0.119 e. The molecule has 1 atom stereocenters. The second kappa shape index (κ2) is 7.05. The Morgan fingerprint density at radius 1 is 1.17 bits per heavy atom. The van der Waals surface area contributed by atoms with Crippen LogP contribution in [0.4, 0.5) is 5.69 Å². The fourth-order valence-electron chi connectivity index (χ4n) is 3.10. The first-order chi connectivity index (χ1) is 11.6. The number of ether oxygens (including phenoxy) is 1. The Labute approximate surface area is 143 Å². The first-order valence-electron chi connectivity index (χ1n) is 8.39. The minimum atomic E-state index is 0.184. The van der Waals surface area contributed by atoms with Crippen molar-refractivity contribution < 1.29 is 4.74 Å². The van der Waals surface area contributed by atoms with Crippen LogP contribution in [0.5, 0.6) is 5.75 Å². The molecule has 0 saturated heterocycles. The van der Waals surface area contributed by atoms with Crippen LogP contribution in [0.3, 0.4) is 0 Å². The molecule has 0 fully saturated rings. The van der Waals surface area contributed by atoms with Gasteiger partial charge in [0.1, 0.15) is 5.75 Å². The molecule has 4 nitrogen and oxygen atoms in total. The summed E-state index contributed by atoms with van der Waals surface area (Å²) in [7, 11) is 1.70. The van der Waals surface area contributed by atoms with Gasteiger partial charge in [0.15, 0.2) is 0 Å². The molecule has 3 rings (SSSR count). The summed E-state index contributed by atoms with van der Waals surface area (Å²) < 4.78 is 5.39. The molecule has 2 N–H and O–H groups in total. The summed E-state index contributed by atoms with van der Waals surface area (Å²) in [6.07, 6.45) is 1.74. The number of nitrogens with zero attached hydrogens (tertiary/aromatic N) is 2. The standard InChI is InChI=1S/C20H25N3O/c1-14-7-8-18(11-15(14)2)23-20(13-17(22-23)9-10-21)16-5-4-6-19(12-16)24-3/h4-8,11-12,20H,9-10,13,21H2,1-3H3. The number of methoxy groups -OCH3 is 1. The minimum absolute atomic E-state index is 0.184. The monoisotopic (exact) mass is 323 g/mol. The van der Waals surface area contributed by atoms with E-state index in [1.54, 1.807) is 7.11 Å². The average Bonchev–Trinajstić information content (AvgIpc) is 3.02. The summed E-state index contributed by atoms with van der Waals surface area (Å²) in [4.78, 5) is 0. The maximum Gasteiger partial charge on any atom is 0.119 e. The normalized spacial score (nSPS) is 17.1. The fraction of sp³-hybridized carbons (Fsp3) is 0.350. The highest BCUT2D eigenvalue weighted by Crippen LogP contribution is 2.37. The van der Waals surface area contributed by atoms with Gasteiger partial charge in [0.2, 0.25) is 0 Å². The molecule has 2 aromatic rings. The van der Waals surface area contributed by atoms with Crippen LogP contribution >= 0.6 is 0 Å². The molecule has 0 aromatic heterocycles. The Morgan fingerprint density at radius 3 is 2.71 bits per heavy atom. The van der Waals surface area contributed by atoms with E-state index in [0.29, 0.717) is 6.54 Å². The summed E-state index contributed by atoms with van der Waals surface area (Å²) in [6, 6.07) is 14.9. The second-order valence-corrected chi connectivity index (χ2v) is 6.31. The van der Waals surface area contributed by atoms with Crippen molar-refractivity contribution in [2.75, 3.05) is 18.7 Å². The topological polar surface area (TPSA) is 50.9 Å². The van der Waals surface area contributed by atoms with Gasteiger partial charge in [-0.2, -0.15) is 5.10 Å². The number of nitrogens with two attached hydrogens (primary N) is 1. The van der Waals surface area contributed by atoms with Crippen molar-refractivity contribution in [3.8, 4) is 5.75 Å². The van der Waals surface area contributed by atoms with Crippen molar-refractivity contribution in [1.29, 1.82) is 0 Å². The summed E-state index contributed by atoms with van der Waals surface area (Å²) in [5, 5.41) is 6.99. The molecule has 1 aliphatic rings. The van der Waals surface area contributed by atoms with Gasteiger partial charge in [0.25, 0.3) is 0 Å². The van der Waals surface area contributed by atoms with Crippen molar-refractivity contribution >= 4 is 11.4 Å². The summed E-state index contributed by atoms with van der Waals surface area (Å²) in [5.41, 5.74) is 11.8. The maximum atomic E-state index is 5.75. The largest absolute Gasteiger partial charge is 0.497 e. The van der Waals surface area contributed by atoms with E-state index in [9.17, 15) is 0 Å². The number of rotatable bonds is 5. The minimum Gasteiger partial charge on any atom is -0.497 e. The van der Waals surface area contributed by atoms with Crippen LogP contribution in [0, 0.1) is 13.8 Å². The van der Waals surface area contributed by atoms with Crippen LogP contribution in [0.25, 0.3) is 0 Å². The molecule has 2 aromatic carbocycles. The predicted molar refractivity (Wildman–Crippen MR) is 99.9 cm³/mol. The van der Waals surface area contributed by atoms with Gasteiger partial charge in [-0.05, 0) is 67.8 Å². The first-order valence-corrected chi connectivity index (χ1v) is 8.39. The van der Waals surface area contributed by atoms with Gasteiger partial charge in [-0.1, -0.05) is 18.2 Å². The van der Waals surface area contributed by atoms with Gasteiger partial charge >= 0.3 is 0 Å². The average molecular weight is 323 g/mol.